The van der Waals surface area contributed by atoms with Gasteiger partial charge in [-0.15, -0.1) is 11.3 Å². The number of nitrogens with zero attached hydrogens (tertiary/aromatic N) is 1. The number of aromatic nitrogens is 1. The Morgan fingerprint density at radius 1 is 1.75 bits per heavy atom. The summed E-state index contributed by atoms with van der Waals surface area (Å²) in [6.45, 7) is 4.44. The number of hydrogen-bond acceptors (Lipinski definition) is 4. The monoisotopic (exact) mass is 200 g/mol. The second-order valence-corrected chi connectivity index (χ2v) is 5.26. The molecule has 1 aliphatic heterocycles. The molecule has 0 aliphatic carbocycles. The second-order valence-electron chi connectivity index (χ2n) is 2.86. The molecule has 1 aromatic heterocycles. The first-order chi connectivity index (χ1) is 5.88. The molecule has 4 heteroatoms. The fraction of sp³-hybridized carbons (Fsp3) is 0.625. The van der Waals surface area contributed by atoms with Crippen molar-refractivity contribution in [2.75, 3.05) is 13.1 Å². The van der Waals surface area contributed by atoms with Gasteiger partial charge < -0.3 is 5.32 Å². The molecule has 2 rings (SSSR count). The third-order valence-corrected chi connectivity index (χ3v) is 4.12. The molecule has 0 saturated carbocycles. The maximum absolute atomic E-state index is 4.50. The van der Waals surface area contributed by atoms with Crippen molar-refractivity contribution in [2.24, 2.45) is 0 Å². The standard InChI is InChI=1S/C8H12N2S2/c1-2-6-5-11-8(10-6)12-7-3-9-4-7/h5,7,9H,2-4H2,1H3. The van der Waals surface area contributed by atoms with Gasteiger partial charge in [0.25, 0.3) is 0 Å². The van der Waals surface area contributed by atoms with Crippen molar-refractivity contribution in [2.45, 2.75) is 22.9 Å². The Hall–Kier alpha value is -0.0600. The van der Waals surface area contributed by atoms with Gasteiger partial charge in [0.2, 0.25) is 0 Å². The molecule has 0 unspecified atom stereocenters. The van der Waals surface area contributed by atoms with Crippen LogP contribution in [-0.4, -0.2) is 23.3 Å². The van der Waals surface area contributed by atoms with E-state index in [0.29, 0.717) is 0 Å². The largest absolute Gasteiger partial charge is 0.314 e. The Morgan fingerprint density at radius 2 is 2.58 bits per heavy atom. The number of hydrogen-bond donors (Lipinski definition) is 1. The molecule has 0 bridgehead atoms. The van der Waals surface area contributed by atoms with Crippen LogP contribution in [0.25, 0.3) is 0 Å². The lowest BCUT2D eigenvalue weighted by molar-refractivity contribution is 0.543. The molecule has 12 heavy (non-hydrogen) atoms. The number of rotatable bonds is 3. The molecule has 0 radical (unpaired) electrons. The zero-order valence-electron chi connectivity index (χ0n) is 7.04. The summed E-state index contributed by atoms with van der Waals surface area (Å²) < 4.78 is 1.23. The topological polar surface area (TPSA) is 24.9 Å². The van der Waals surface area contributed by atoms with Crippen LogP contribution in [0.4, 0.5) is 0 Å². The number of nitrogens with one attached hydrogen (secondary N) is 1. The highest BCUT2D eigenvalue weighted by atomic mass is 32.2. The van der Waals surface area contributed by atoms with E-state index in [1.807, 2.05) is 11.8 Å². The van der Waals surface area contributed by atoms with Crippen LogP contribution in [-0.2, 0) is 6.42 Å². The van der Waals surface area contributed by atoms with E-state index >= 15 is 0 Å². The van der Waals surface area contributed by atoms with E-state index in [1.54, 1.807) is 11.3 Å². The summed E-state index contributed by atoms with van der Waals surface area (Å²) in [4.78, 5) is 4.50. The molecule has 66 valence electrons. The number of thiazole rings is 1. The highest BCUT2D eigenvalue weighted by Crippen LogP contribution is 2.28. The van der Waals surface area contributed by atoms with E-state index in [4.69, 9.17) is 0 Å². The molecule has 2 heterocycles. The van der Waals surface area contributed by atoms with Gasteiger partial charge in [-0.2, -0.15) is 0 Å². The summed E-state index contributed by atoms with van der Waals surface area (Å²) in [5, 5.41) is 6.18. The molecule has 2 nitrogen and oxygen atoms in total. The average Bonchev–Trinajstić information content (AvgIpc) is 2.44. The summed E-state index contributed by atoms with van der Waals surface area (Å²) in [6.07, 6.45) is 1.06. The summed E-state index contributed by atoms with van der Waals surface area (Å²) in [6, 6.07) is 0. The lowest BCUT2D eigenvalue weighted by Gasteiger charge is -2.24. The predicted octanol–water partition coefficient (Wildman–Crippen LogP) is 1.77. The molecule has 1 N–H and O–H groups in total. The molecule has 0 spiro atoms. The fourth-order valence-electron chi connectivity index (χ4n) is 0.993. The van der Waals surface area contributed by atoms with E-state index in [2.05, 4.69) is 22.6 Å². The van der Waals surface area contributed by atoms with Gasteiger partial charge in [-0.05, 0) is 6.42 Å². The van der Waals surface area contributed by atoms with Gasteiger partial charge in [0.1, 0.15) is 4.34 Å². The van der Waals surface area contributed by atoms with Gasteiger partial charge in [-0.1, -0.05) is 18.7 Å². The zero-order chi connectivity index (χ0) is 8.39. The molecular weight excluding hydrogens is 188 g/mol. The van der Waals surface area contributed by atoms with Crippen LogP contribution in [0.1, 0.15) is 12.6 Å². The Labute approximate surface area is 80.8 Å². The van der Waals surface area contributed by atoms with Gasteiger partial charge in [-0.25, -0.2) is 4.98 Å². The smallest absolute Gasteiger partial charge is 0.150 e. The van der Waals surface area contributed by atoms with Crippen LogP contribution >= 0.6 is 23.1 Å². The van der Waals surface area contributed by atoms with Crippen molar-refractivity contribution in [3.05, 3.63) is 11.1 Å². The third-order valence-electron chi connectivity index (χ3n) is 1.90. The van der Waals surface area contributed by atoms with Crippen LogP contribution in [0, 0.1) is 0 Å². The minimum absolute atomic E-state index is 0.765. The molecule has 0 aromatic carbocycles. The summed E-state index contributed by atoms with van der Waals surface area (Å²) in [5.41, 5.74) is 1.23. The average molecular weight is 200 g/mol. The van der Waals surface area contributed by atoms with Crippen molar-refractivity contribution in [3.8, 4) is 0 Å². The van der Waals surface area contributed by atoms with Gasteiger partial charge in [0, 0.05) is 23.7 Å². The van der Waals surface area contributed by atoms with Crippen molar-refractivity contribution < 1.29 is 0 Å². The Balaban J connectivity index is 1.93. The molecule has 1 aromatic rings. The molecule has 1 saturated heterocycles. The zero-order valence-corrected chi connectivity index (χ0v) is 8.67. The predicted molar refractivity (Wildman–Crippen MR) is 54.0 cm³/mol. The minimum atomic E-state index is 0.765. The van der Waals surface area contributed by atoms with E-state index in [-0.39, 0.29) is 0 Å². The molecule has 0 atom stereocenters. The maximum atomic E-state index is 4.50. The van der Waals surface area contributed by atoms with E-state index < -0.39 is 0 Å². The van der Waals surface area contributed by atoms with Crippen LogP contribution in [0.3, 0.4) is 0 Å². The van der Waals surface area contributed by atoms with Gasteiger partial charge >= 0.3 is 0 Å². The SMILES string of the molecule is CCc1csc(SC2CNC2)n1. The third kappa shape index (κ3) is 1.81. The molecular formula is C8H12N2S2. The van der Waals surface area contributed by atoms with Crippen molar-refractivity contribution in [1.29, 1.82) is 0 Å². The maximum Gasteiger partial charge on any atom is 0.150 e. The quantitative estimate of drug-likeness (QED) is 0.805. The fourth-order valence-corrected chi connectivity index (χ4v) is 3.25. The molecule has 1 fully saturated rings. The number of thioether (sulfide) groups is 1. The summed E-state index contributed by atoms with van der Waals surface area (Å²) in [5.74, 6) is 0. The highest BCUT2D eigenvalue weighted by Gasteiger charge is 2.19. The first-order valence-electron chi connectivity index (χ1n) is 4.20. The second kappa shape index (κ2) is 3.77. The van der Waals surface area contributed by atoms with E-state index in [1.165, 1.54) is 10.0 Å². The Bertz CT molecular complexity index is 255. The molecule has 0 amide bonds. The first-order valence-corrected chi connectivity index (χ1v) is 5.96. The van der Waals surface area contributed by atoms with Gasteiger partial charge in [0.05, 0.1) is 5.69 Å². The van der Waals surface area contributed by atoms with Crippen LogP contribution in [0.15, 0.2) is 9.72 Å². The van der Waals surface area contributed by atoms with Crippen LogP contribution in [0.5, 0.6) is 0 Å². The van der Waals surface area contributed by atoms with E-state index in [0.717, 1.165) is 24.8 Å². The minimum Gasteiger partial charge on any atom is -0.314 e. The van der Waals surface area contributed by atoms with Crippen molar-refractivity contribution >= 4 is 23.1 Å². The lowest BCUT2D eigenvalue weighted by atomic mass is 10.3. The van der Waals surface area contributed by atoms with Crippen LogP contribution < -0.4 is 5.32 Å². The summed E-state index contributed by atoms with van der Waals surface area (Å²) >= 11 is 3.69. The number of aryl methyl sites for hydroxylation is 1. The van der Waals surface area contributed by atoms with E-state index in [9.17, 15) is 0 Å². The van der Waals surface area contributed by atoms with Gasteiger partial charge in [0.15, 0.2) is 0 Å². The van der Waals surface area contributed by atoms with Crippen molar-refractivity contribution in [1.82, 2.24) is 10.3 Å². The first kappa shape index (κ1) is 8.53. The summed E-state index contributed by atoms with van der Waals surface area (Å²) in [7, 11) is 0. The lowest BCUT2D eigenvalue weighted by Crippen LogP contribution is -2.44. The highest BCUT2D eigenvalue weighted by molar-refractivity contribution is 8.01. The van der Waals surface area contributed by atoms with Crippen LogP contribution in [0.2, 0.25) is 0 Å². The Kier molecular flexibility index (Phi) is 2.68. The van der Waals surface area contributed by atoms with Crippen molar-refractivity contribution in [3.63, 3.8) is 0 Å². The molecule has 1 aliphatic rings. The normalized spacial score (nSPS) is 17.8. The Morgan fingerprint density at radius 3 is 3.08 bits per heavy atom. The van der Waals surface area contributed by atoms with Gasteiger partial charge in [-0.3, -0.25) is 0 Å².